The summed E-state index contributed by atoms with van der Waals surface area (Å²) in [6.45, 7) is 5.77. The van der Waals surface area contributed by atoms with Crippen LogP contribution in [0.25, 0.3) is 0 Å². The van der Waals surface area contributed by atoms with Crippen LogP contribution in [-0.2, 0) is 14.2 Å². The van der Waals surface area contributed by atoms with E-state index >= 15 is 0 Å². The Morgan fingerprint density at radius 2 is 1.65 bits per heavy atom. The lowest BCUT2D eigenvalue weighted by molar-refractivity contribution is 0.0201. The average molecular weight is 245 g/mol. The predicted octanol–water partition coefficient (Wildman–Crippen LogP) is 1.44. The van der Waals surface area contributed by atoms with Crippen LogP contribution in [-0.4, -0.2) is 53.2 Å². The van der Waals surface area contributed by atoms with Gasteiger partial charge in [0.15, 0.2) is 0 Å². The smallest absolute Gasteiger partial charge is 0.0701 e. The third-order valence-corrected chi connectivity index (χ3v) is 3.79. The Labute approximate surface area is 105 Å². The van der Waals surface area contributed by atoms with Gasteiger partial charge in [-0.15, -0.1) is 0 Å². The molecule has 1 aliphatic carbocycles. The van der Waals surface area contributed by atoms with Crippen molar-refractivity contribution in [3.05, 3.63) is 0 Å². The van der Waals surface area contributed by atoms with E-state index in [0.29, 0.717) is 37.9 Å². The van der Waals surface area contributed by atoms with Crippen molar-refractivity contribution in [1.82, 2.24) is 5.32 Å². The predicted molar refractivity (Wildman–Crippen MR) is 68.3 cm³/mol. The van der Waals surface area contributed by atoms with Crippen molar-refractivity contribution in [2.75, 3.05) is 47.2 Å². The number of nitrogens with one attached hydrogen (secondary N) is 1. The highest BCUT2D eigenvalue weighted by atomic mass is 16.5. The van der Waals surface area contributed by atoms with Crippen LogP contribution >= 0.6 is 0 Å². The first-order valence-electron chi connectivity index (χ1n) is 6.57. The van der Waals surface area contributed by atoms with E-state index in [1.54, 1.807) is 7.11 Å². The SMILES string of the molecule is CNC(C)C1(CCOCCOCCOC)CC1. The van der Waals surface area contributed by atoms with Crippen molar-refractivity contribution in [3.8, 4) is 0 Å². The quantitative estimate of drug-likeness (QED) is 0.559. The monoisotopic (exact) mass is 245 g/mol. The molecule has 1 N–H and O–H groups in total. The molecule has 0 aromatic rings. The summed E-state index contributed by atoms with van der Waals surface area (Å²) < 4.78 is 15.8. The zero-order valence-corrected chi connectivity index (χ0v) is 11.5. The molecule has 1 unspecified atom stereocenters. The number of hydrogen-bond acceptors (Lipinski definition) is 4. The summed E-state index contributed by atoms with van der Waals surface area (Å²) in [6, 6.07) is 0.601. The minimum Gasteiger partial charge on any atom is -0.382 e. The summed E-state index contributed by atoms with van der Waals surface area (Å²) in [6.07, 6.45) is 3.83. The molecule has 1 saturated carbocycles. The summed E-state index contributed by atoms with van der Waals surface area (Å²) in [7, 11) is 3.72. The lowest BCUT2D eigenvalue weighted by atomic mass is 9.94. The van der Waals surface area contributed by atoms with Crippen LogP contribution in [0.1, 0.15) is 26.2 Å². The highest BCUT2D eigenvalue weighted by Crippen LogP contribution is 2.51. The Hall–Kier alpha value is -0.160. The van der Waals surface area contributed by atoms with Gasteiger partial charge < -0.3 is 19.5 Å². The van der Waals surface area contributed by atoms with Crippen molar-refractivity contribution in [1.29, 1.82) is 0 Å². The highest BCUT2D eigenvalue weighted by molar-refractivity contribution is 4.99. The van der Waals surface area contributed by atoms with Gasteiger partial charge in [0.25, 0.3) is 0 Å². The van der Waals surface area contributed by atoms with Crippen LogP contribution in [0.15, 0.2) is 0 Å². The standard InChI is InChI=1S/C13H27NO3/c1-12(14-2)13(4-5-13)6-7-16-10-11-17-9-8-15-3/h12,14H,4-11H2,1-3H3. The van der Waals surface area contributed by atoms with Gasteiger partial charge in [-0.05, 0) is 38.6 Å². The first-order valence-corrected chi connectivity index (χ1v) is 6.57. The normalized spacial score (nSPS) is 19.2. The van der Waals surface area contributed by atoms with Gasteiger partial charge >= 0.3 is 0 Å². The first kappa shape index (κ1) is 14.9. The van der Waals surface area contributed by atoms with Crippen molar-refractivity contribution >= 4 is 0 Å². The first-order chi connectivity index (χ1) is 8.25. The Morgan fingerprint density at radius 1 is 1.06 bits per heavy atom. The molecule has 0 heterocycles. The van der Waals surface area contributed by atoms with E-state index in [1.165, 1.54) is 12.8 Å². The zero-order valence-electron chi connectivity index (χ0n) is 11.5. The summed E-state index contributed by atoms with van der Waals surface area (Å²) in [4.78, 5) is 0. The van der Waals surface area contributed by atoms with E-state index in [1.807, 2.05) is 7.05 Å². The Bertz CT molecular complexity index is 195. The minimum absolute atomic E-state index is 0.506. The lowest BCUT2D eigenvalue weighted by Crippen LogP contribution is -2.32. The highest BCUT2D eigenvalue weighted by Gasteiger charge is 2.46. The fourth-order valence-electron chi connectivity index (χ4n) is 2.11. The summed E-state index contributed by atoms with van der Waals surface area (Å²) in [5, 5.41) is 3.35. The molecule has 0 bridgehead atoms. The largest absolute Gasteiger partial charge is 0.382 e. The van der Waals surface area contributed by atoms with Crippen LogP contribution in [0.5, 0.6) is 0 Å². The Balaban J connectivity index is 1.91. The van der Waals surface area contributed by atoms with Gasteiger partial charge in [0.1, 0.15) is 0 Å². The molecule has 0 spiro atoms. The maximum absolute atomic E-state index is 5.59. The molecule has 0 saturated heterocycles. The molecule has 1 fully saturated rings. The topological polar surface area (TPSA) is 39.7 Å². The fraction of sp³-hybridized carbons (Fsp3) is 1.00. The van der Waals surface area contributed by atoms with Crippen LogP contribution < -0.4 is 5.32 Å². The summed E-state index contributed by atoms with van der Waals surface area (Å²) >= 11 is 0. The fourth-order valence-corrected chi connectivity index (χ4v) is 2.11. The molecule has 102 valence electrons. The molecule has 0 amide bonds. The van der Waals surface area contributed by atoms with Crippen LogP contribution in [0, 0.1) is 5.41 Å². The van der Waals surface area contributed by atoms with Gasteiger partial charge in [0.2, 0.25) is 0 Å². The van der Waals surface area contributed by atoms with E-state index in [9.17, 15) is 0 Å². The van der Waals surface area contributed by atoms with Gasteiger partial charge in [-0.3, -0.25) is 0 Å². The molecule has 0 aromatic carbocycles. The maximum Gasteiger partial charge on any atom is 0.0701 e. The number of ether oxygens (including phenoxy) is 3. The van der Waals surface area contributed by atoms with Crippen molar-refractivity contribution in [3.63, 3.8) is 0 Å². The lowest BCUT2D eigenvalue weighted by Gasteiger charge is -2.22. The maximum atomic E-state index is 5.59. The second-order valence-corrected chi connectivity index (χ2v) is 4.84. The third kappa shape index (κ3) is 5.34. The molecule has 17 heavy (non-hydrogen) atoms. The van der Waals surface area contributed by atoms with Gasteiger partial charge in [-0.25, -0.2) is 0 Å². The molecule has 4 nitrogen and oxygen atoms in total. The average Bonchev–Trinajstić information content (AvgIpc) is 3.13. The van der Waals surface area contributed by atoms with E-state index in [2.05, 4.69) is 12.2 Å². The molecule has 1 aliphatic rings. The van der Waals surface area contributed by atoms with Crippen LogP contribution in [0.2, 0.25) is 0 Å². The molecular formula is C13H27NO3. The molecule has 1 rings (SSSR count). The summed E-state index contributed by atoms with van der Waals surface area (Å²) in [5.74, 6) is 0. The molecule has 0 aromatic heterocycles. The minimum atomic E-state index is 0.506. The van der Waals surface area contributed by atoms with E-state index in [4.69, 9.17) is 14.2 Å². The second kappa shape index (κ2) is 8.03. The number of rotatable bonds is 11. The molecular weight excluding hydrogens is 218 g/mol. The van der Waals surface area contributed by atoms with Gasteiger partial charge in [0, 0.05) is 19.8 Å². The van der Waals surface area contributed by atoms with E-state index < -0.39 is 0 Å². The number of methoxy groups -OCH3 is 1. The van der Waals surface area contributed by atoms with Gasteiger partial charge in [-0.2, -0.15) is 0 Å². The third-order valence-electron chi connectivity index (χ3n) is 3.79. The summed E-state index contributed by atoms with van der Waals surface area (Å²) in [5.41, 5.74) is 0.506. The van der Waals surface area contributed by atoms with Crippen LogP contribution in [0.4, 0.5) is 0 Å². The molecule has 0 radical (unpaired) electrons. The Kier molecular flexibility index (Phi) is 7.04. The molecule has 1 atom stereocenters. The Morgan fingerprint density at radius 3 is 2.18 bits per heavy atom. The molecule has 4 heteroatoms. The van der Waals surface area contributed by atoms with Crippen molar-refractivity contribution in [2.24, 2.45) is 5.41 Å². The van der Waals surface area contributed by atoms with Crippen LogP contribution in [0.3, 0.4) is 0 Å². The van der Waals surface area contributed by atoms with Gasteiger partial charge in [0.05, 0.1) is 26.4 Å². The molecule has 0 aliphatic heterocycles. The number of hydrogen-bond donors (Lipinski definition) is 1. The van der Waals surface area contributed by atoms with Crippen molar-refractivity contribution < 1.29 is 14.2 Å². The van der Waals surface area contributed by atoms with Gasteiger partial charge in [-0.1, -0.05) is 0 Å². The van der Waals surface area contributed by atoms with E-state index in [0.717, 1.165) is 13.0 Å². The second-order valence-electron chi connectivity index (χ2n) is 4.84. The van der Waals surface area contributed by atoms with E-state index in [-0.39, 0.29) is 0 Å². The zero-order chi connectivity index (χ0) is 12.6. The van der Waals surface area contributed by atoms with Crippen molar-refractivity contribution in [2.45, 2.75) is 32.2 Å².